The molecule has 1 saturated carbocycles. The Morgan fingerprint density at radius 1 is 1.35 bits per heavy atom. The van der Waals surface area contributed by atoms with Crippen LogP contribution in [0.1, 0.15) is 44.6 Å². The van der Waals surface area contributed by atoms with Gasteiger partial charge in [0.1, 0.15) is 5.82 Å². The number of carbonyl (C=O) groups excluding carboxylic acids is 2. The molecule has 5 nitrogen and oxygen atoms in total. The predicted octanol–water partition coefficient (Wildman–Crippen LogP) is 3.41. The lowest BCUT2D eigenvalue weighted by molar-refractivity contribution is -0.116. The van der Waals surface area contributed by atoms with E-state index < -0.39 is 5.82 Å². The number of halogens is 1. The molecular weight excluding hydrogens is 297 g/mol. The van der Waals surface area contributed by atoms with Crippen molar-refractivity contribution in [3.05, 3.63) is 23.5 Å². The number of rotatable bonds is 4. The van der Waals surface area contributed by atoms with Crippen molar-refractivity contribution < 1.29 is 14.0 Å². The van der Waals surface area contributed by atoms with E-state index in [-0.39, 0.29) is 23.0 Å². The molecule has 1 aliphatic carbocycles. The molecule has 0 aromatic heterocycles. The van der Waals surface area contributed by atoms with Crippen LogP contribution in [0.15, 0.2) is 12.1 Å². The first-order valence-corrected chi connectivity index (χ1v) is 8.18. The van der Waals surface area contributed by atoms with E-state index in [0.29, 0.717) is 25.1 Å². The van der Waals surface area contributed by atoms with Gasteiger partial charge in [-0.25, -0.2) is 9.18 Å². The summed E-state index contributed by atoms with van der Waals surface area (Å²) in [6.07, 6.45) is 5.45. The molecule has 0 spiro atoms. The number of aryl methyl sites for hydroxylation is 1. The molecule has 2 aliphatic rings. The Labute approximate surface area is 135 Å². The van der Waals surface area contributed by atoms with Gasteiger partial charge >= 0.3 is 6.03 Å². The minimum Gasteiger partial charge on any atom is -0.337 e. The van der Waals surface area contributed by atoms with E-state index in [4.69, 9.17) is 0 Å². The lowest BCUT2D eigenvalue weighted by Crippen LogP contribution is -2.43. The summed E-state index contributed by atoms with van der Waals surface area (Å²) in [6.45, 7) is 2.76. The highest BCUT2D eigenvalue weighted by Gasteiger charge is 2.35. The first-order chi connectivity index (χ1) is 11.0. The number of urea groups is 1. The molecule has 124 valence electrons. The fourth-order valence-corrected chi connectivity index (χ4v) is 3.26. The van der Waals surface area contributed by atoms with Crippen LogP contribution >= 0.6 is 0 Å². The number of amides is 3. The van der Waals surface area contributed by atoms with Gasteiger partial charge in [0.15, 0.2) is 0 Å². The Hall–Kier alpha value is -2.11. The third-order valence-corrected chi connectivity index (χ3v) is 5.12. The van der Waals surface area contributed by atoms with Crippen LogP contribution in [-0.2, 0) is 11.2 Å². The second kappa shape index (κ2) is 6.18. The van der Waals surface area contributed by atoms with Gasteiger partial charge < -0.3 is 16.0 Å². The van der Waals surface area contributed by atoms with E-state index in [1.54, 1.807) is 6.07 Å². The summed E-state index contributed by atoms with van der Waals surface area (Å²) < 4.78 is 14.1. The zero-order chi connectivity index (χ0) is 16.4. The van der Waals surface area contributed by atoms with E-state index in [9.17, 15) is 14.0 Å². The number of hydrogen-bond donors (Lipinski definition) is 3. The minimum atomic E-state index is -0.546. The Bertz CT molecular complexity index is 635. The highest BCUT2D eigenvalue weighted by molar-refractivity contribution is 5.95. The monoisotopic (exact) mass is 319 g/mol. The average molecular weight is 319 g/mol. The summed E-state index contributed by atoms with van der Waals surface area (Å²) in [5, 5.41) is 8.07. The van der Waals surface area contributed by atoms with E-state index in [1.165, 1.54) is 12.5 Å². The van der Waals surface area contributed by atoms with Crippen molar-refractivity contribution in [3.63, 3.8) is 0 Å². The van der Waals surface area contributed by atoms with Crippen LogP contribution in [-0.4, -0.2) is 18.5 Å². The molecular formula is C17H22FN3O2. The van der Waals surface area contributed by atoms with E-state index in [1.807, 2.05) is 0 Å². The number of nitrogens with one attached hydrogen (secondary N) is 3. The van der Waals surface area contributed by atoms with Crippen molar-refractivity contribution in [1.82, 2.24) is 5.32 Å². The molecule has 0 saturated heterocycles. The lowest BCUT2D eigenvalue weighted by atomic mass is 9.67. The van der Waals surface area contributed by atoms with Gasteiger partial charge in [-0.2, -0.15) is 0 Å². The topological polar surface area (TPSA) is 70.2 Å². The highest BCUT2D eigenvalue weighted by Crippen LogP contribution is 2.43. The van der Waals surface area contributed by atoms with Crippen molar-refractivity contribution in [2.75, 3.05) is 17.2 Å². The van der Waals surface area contributed by atoms with Crippen LogP contribution in [0.3, 0.4) is 0 Å². The van der Waals surface area contributed by atoms with Crippen molar-refractivity contribution in [3.8, 4) is 0 Å². The van der Waals surface area contributed by atoms with Gasteiger partial charge in [-0.05, 0) is 48.8 Å². The largest absolute Gasteiger partial charge is 0.337 e. The SMILES string of the molecule is CCC1(CNC(=O)Nc2cc3c(cc2F)NC(=O)CC3)CCC1. The Morgan fingerprint density at radius 2 is 2.13 bits per heavy atom. The fraction of sp³-hybridized carbons (Fsp3) is 0.529. The van der Waals surface area contributed by atoms with Gasteiger partial charge in [-0.1, -0.05) is 13.3 Å². The zero-order valence-electron chi connectivity index (χ0n) is 13.3. The third kappa shape index (κ3) is 3.30. The van der Waals surface area contributed by atoms with E-state index in [2.05, 4.69) is 22.9 Å². The molecule has 1 aromatic carbocycles. The molecule has 23 heavy (non-hydrogen) atoms. The first-order valence-electron chi connectivity index (χ1n) is 8.18. The first kappa shape index (κ1) is 15.8. The molecule has 0 radical (unpaired) electrons. The zero-order valence-corrected chi connectivity index (χ0v) is 13.3. The van der Waals surface area contributed by atoms with Crippen LogP contribution in [0, 0.1) is 11.2 Å². The van der Waals surface area contributed by atoms with Gasteiger partial charge in [0.05, 0.1) is 5.69 Å². The Balaban J connectivity index is 1.63. The number of benzene rings is 1. The van der Waals surface area contributed by atoms with Gasteiger partial charge in [-0.3, -0.25) is 4.79 Å². The molecule has 3 amide bonds. The summed E-state index contributed by atoms with van der Waals surface area (Å²) in [6, 6.07) is 2.48. The van der Waals surface area contributed by atoms with Crippen LogP contribution < -0.4 is 16.0 Å². The van der Waals surface area contributed by atoms with Crippen LogP contribution in [0.25, 0.3) is 0 Å². The van der Waals surface area contributed by atoms with Gasteiger partial charge in [0.2, 0.25) is 5.91 Å². The second-order valence-electron chi connectivity index (χ2n) is 6.55. The smallest absolute Gasteiger partial charge is 0.319 e. The van der Waals surface area contributed by atoms with Gasteiger partial charge in [0.25, 0.3) is 0 Å². The number of carbonyl (C=O) groups is 2. The molecule has 1 fully saturated rings. The van der Waals surface area contributed by atoms with Crippen molar-refractivity contribution in [1.29, 1.82) is 0 Å². The summed E-state index contributed by atoms with van der Waals surface area (Å²) >= 11 is 0. The van der Waals surface area contributed by atoms with E-state index >= 15 is 0 Å². The summed E-state index contributed by atoms with van der Waals surface area (Å²) in [4.78, 5) is 23.4. The number of fused-ring (bicyclic) bond motifs is 1. The predicted molar refractivity (Wildman–Crippen MR) is 86.9 cm³/mol. The highest BCUT2D eigenvalue weighted by atomic mass is 19.1. The lowest BCUT2D eigenvalue weighted by Gasteiger charge is -2.41. The van der Waals surface area contributed by atoms with Crippen LogP contribution in [0.2, 0.25) is 0 Å². The van der Waals surface area contributed by atoms with E-state index in [0.717, 1.165) is 24.8 Å². The summed E-state index contributed by atoms with van der Waals surface area (Å²) in [7, 11) is 0. The Kier molecular flexibility index (Phi) is 4.24. The molecule has 3 rings (SSSR count). The fourth-order valence-electron chi connectivity index (χ4n) is 3.26. The normalized spacial score (nSPS) is 18.4. The average Bonchev–Trinajstić information content (AvgIpc) is 2.47. The maximum Gasteiger partial charge on any atom is 0.319 e. The Morgan fingerprint density at radius 3 is 2.78 bits per heavy atom. The summed E-state index contributed by atoms with van der Waals surface area (Å²) in [5.74, 6) is -0.657. The molecule has 0 atom stereocenters. The third-order valence-electron chi connectivity index (χ3n) is 5.12. The summed E-state index contributed by atoms with van der Waals surface area (Å²) in [5.41, 5.74) is 1.70. The molecule has 0 bridgehead atoms. The molecule has 6 heteroatoms. The van der Waals surface area contributed by atoms with Crippen LogP contribution in [0.4, 0.5) is 20.6 Å². The molecule has 3 N–H and O–H groups in total. The van der Waals surface area contributed by atoms with Crippen LogP contribution in [0.5, 0.6) is 0 Å². The quantitative estimate of drug-likeness (QED) is 0.796. The second-order valence-corrected chi connectivity index (χ2v) is 6.55. The number of hydrogen-bond acceptors (Lipinski definition) is 2. The maximum atomic E-state index is 14.1. The van der Waals surface area contributed by atoms with Crippen molar-refractivity contribution >= 4 is 23.3 Å². The molecule has 1 aromatic rings. The molecule has 1 aliphatic heterocycles. The van der Waals surface area contributed by atoms with Gasteiger partial charge in [0, 0.05) is 18.7 Å². The number of anilines is 2. The minimum absolute atomic E-state index is 0.110. The van der Waals surface area contributed by atoms with Crippen molar-refractivity contribution in [2.45, 2.75) is 45.4 Å². The molecule has 1 heterocycles. The van der Waals surface area contributed by atoms with Gasteiger partial charge in [-0.15, -0.1) is 0 Å². The maximum absolute atomic E-state index is 14.1. The molecule has 0 unspecified atom stereocenters. The standard InChI is InChI=1S/C17H22FN3O2/c1-2-17(6-3-7-17)10-19-16(23)21-14-8-11-4-5-15(22)20-13(11)9-12(14)18/h8-9H,2-7,10H2,1H3,(H,20,22)(H2,19,21,23). The van der Waals surface area contributed by atoms with Crippen molar-refractivity contribution in [2.24, 2.45) is 5.41 Å².